The molecule has 1 aromatic rings. The lowest BCUT2D eigenvalue weighted by atomic mass is 9.76. The van der Waals surface area contributed by atoms with Gasteiger partial charge in [-0.15, -0.1) is 0 Å². The number of carbonyl (C=O) groups excluding carboxylic acids is 1. The molecule has 21 heavy (non-hydrogen) atoms. The summed E-state index contributed by atoms with van der Waals surface area (Å²) in [6.07, 6.45) is 4.62. The summed E-state index contributed by atoms with van der Waals surface area (Å²) in [6.45, 7) is 3.52. The minimum Gasteiger partial charge on any atom is -0.491 e. The minimum atomic E-state index is -0.713. The quantitative estimate of drug-likeness (QED) is 0.864. The number of anilines is 1. The van der Waals surface area contributed by atoms with Gasteiger partial charge in [0.2, 0.25) is 5.91 Å². The lowest BCUT2D eigenvalue weighted by Gasteiger charge is -2.39. The monoisotopic (exact) mass is 288 g/mol. The molecule has 1 amide bonds. The zero-order valence-electron chi connectivity index (χ0n) is 12.7. The maximum Gasteiger partial charge on any atom is 0.247 e. The molecule has 2 unspecified atom stereocenters. The number of carbonyl (C=O) groups is 1. The molecule has 1 fully saturated rings. The average Bonchev–Trinajstić information content (AvgIpc) is 2.68. The van der Waals surface area contributed by atoms with Crippen LogP contribution in [0.4, 0.5) is 5.69 Å². The SMILES string of the molecule is CC1CCCC(N)(C(=O)N2CCCOc3ccccc32)C1. The molecule has 1 aliphatic heterocycles. The molecule has 2 atom stereocenters. The Hall–Kier alpha value is -1.55. The Morgan fingerprint density at radius 1 is 1.38 bits per heavy atom. The molecule has 0 bridgehead atoms. The molecular weight excluding hydrogens is 264 g/mol. The molecule has 0 aromatic heterocycles. The maximum atomic E-state index is 13.1. The predicted molar refractivity (Wildman–Crippen MR) is 83.5 cm³/mol. The number of nitrogens with two attached hydrogens (primary N) is 1. The van der Waals surface area contributed by atoms with Gasteiger partial charge in [-0.25, -0.2) is 0 Å². The smallest absolute Gasteiger partial charge is 0.247 e. The van der Waals surface area contributed by atoms with Crippen molar-refractivity contribution in [2.45, 2.75) is 44.6 Å². The van der Waals surface area contributed by atoms with Crippen molar-refractivity contribution in [3.05, 3.63) is 24.3 Å². The van der Waals surface area contributed by atoms with E-state index in [2.05, 4.69) is 6.92 Å². The van der Waals surface area contributed by atoms with Gasteiger partial charge in [-0.2, -0.15) is 0 Å². The molecule has 0 spiro atoms. The van der Waals surface area contributed by atoms with Gasteiger partial charge >= 0.3 is 0 Å². The van der Waals surface area contributed by atoms with Gasteiger partial charge in [0, 0.05) is 6.54 Å². The minimum absolute atomic E-state index is 0.0620. The topological polar surface area (TPSA) is 55.6 Å². The van der Waals surface area contributed by atoms with Gasteiger partial charge in [0.25, 0.3) is 0 Å². The van der Waals surface area contributed by atoms with Crippen LogP contribution in [0.15, 0.2) is 24.3 Å². The van der Waals surface area contributed by atoms with Crippen LogP contribution >= 0.6 is 0 Å². The largest absolute Gasteiger partial charge is 0.491 e. The highest BCUT2D eigenvalue weighted by atomic mass is 16.5. The summed E-state index contributed by atoms with van der Waals surface area (Å²) in [4.78, 5) is 14.9. The summed E-state index contributed by atoms with van der Waals surface area (Å²) >= 11 is 0. The Kier molecular flexibility index (Phi) is 3.89. The molecule has 0 saturated heterocycles. The molecule has 2 aliphatic rings. The van der Waals surface area contributed by atoms with Gasteiger partial charge < -0.3 is 15.4 Å². The molecule has 4 heteroatoms. The van der Waals surface area contributed by atoms with Crippen molar-refractivity contribution in [1.29, 1.82) is 0 Å². The fourth-order valence-corrected chi connectivity index (χ4v) is 3.59. The van der Waals surface area contributed by atoms with Crippen LogP contribution in [0.25, 0.3) is 0 Å². The highest BCUT2D eigenvalue weighted by Gasteiger charge is 2.41. The number of para-hydroxylation sites is 2. The standard InChI is InChI=1S/C17H24N2O2/c1-13-6-4-9-17(18,12-13)16(20)19-10-5-11-21-15-8-3-2-7-14(15)19/h2-3,7-8,13H,4-6,9-12,18H2,1H3. The van der Waals surface area contributed by atoms with Crippen LogP contribution in [0.2, 0.25) is 0 Å². The summed E-state index contributed by atoms with van der Waals surface area (Å²) in [5.74, 6) is 1.37. The van der Waals surface area contributed by atoms with Crippen LogP contribution in [0.5, 0.6) is 5.75 Å². The number of hydrogen-bond acceptors (Lipinski definition) is 3. The van der Waals surface area contributed by atoms with Gasteiger partial charge in [0.15, 0.2) is 0 Å². The fraction of sp³-hybridized carbons (Fsp3) is 0.588. The first kappa shape index (κ1) is 14.4. The van der Waals surface area contributed by atoms with Crippen molar-refractivity contribution < 1.29 is 9.53 Å². The molecule has 1 aromatic carbocycles. The summed E-state index contributed by atoms with van der Waals surface area (Å²) in [7, 11) is 0. The van der Waals surface area contributed by atoms with Crippen LogP contribution in [0, 0.1) is 5.92 Å². The summed E-state index contributed by atoms with van der Waals surface area (Å²) in [5.41, 5.74) is 6.65. The number of hydrogen-bond donors (Lipinski definition) is 1. The van der Waals surface area contributed by atoms with Crippen LogP contribution in [0.1, 0.15) is 39.0 Å². The average molecular weight is 288 g/mol. The summed E-state index contributed by atoms with van der Waals surface area (Å²) in [5, 5.41) is 0. The van der Waals surface area contributed by atoms with E-state index in [0.29, 0.717) is 19.1 Å². The van der Waals surface area contributed by atoms with E-state index in [4.69, 9.17) is 10.5 Å². The van der Waals surface area contributed by atoms with E-state index in [9.17, 15) is 4.79 Å². The summed E-state index contributed by atoms with van der Waals surface area (Å²) in [6, 6.07) is 7.76. The number of benzene rings is 1. The van der Waals surface area contributed by atoms with Crippen LogP contribution in [0.3, 0.4) is 0 Å². The van der Waals surface area contributed by atoms with Crippen molar-refractivity contribution in [2.24, 2.45) is 11.7 Å². The number of amides is 1. The Bertz CT molecular complexity index is 531. The Morgan fingerprint density at radius 3 is 3.00 bits per heavy atom. The van der Waals surface area contributed by atoms with E-state index in [-0.39, 0.29) is 5.91 Å². The van der Waals surface area contributed by atoms with Crippen molar-refractivity contribution >= 4 is 11.6 Å². The van der Waals surface area contributed by atoms with Crippen molar-refractivity contribution in [2.75, 3.05) is 18.1 Å². The van der Waals surface area contributed by atoms with E-state index in [1.807, 2.05) is 29.2 Å². The van der Waals surface area contributed by atoms with Gasteiger partial charge in [-0.05, 0) is 37.3 Å². The molecule has 1 heterocycles. The van der Waals surface area contributed by atoms with E-state index < -0.39 is 5.54 Å². The lowest BCUT2D eigenvalue weighted by Crippen LogP contribution is -2.57. The fourth-order valence-electron chi connectivity index (χ4n) is 3.59. The summed E-state index contributed by atoms with van der Waals surface area (Å²) < 4.78 is 5.74. The Balaban J connectivity index is 1.90. The molecule has 1 aliphatic carbocycles. The Morgan fingerprint density at radius 2 is 2.19 bits per heavy atom. The van der Waals surface area contributed by atoms with Crippen LogP contribution in [-0.4, -0.2) is 24.6 Å². The van der Waals surface area contributed by atoms with Crippen molar-refractivity contribution in [3.8, 4) is 5.75 Å². The molecular formula is C17H24N2O2. The zero-order valence-corrected chi connectivity index (χ0v) is 12.7. The third-order valence-electron chi connectivity index (χ3n) is 4.64. The normalized spacial score (nSPS) is 29.2. The third kappa shape index (κ3) is 2.77. The Labute approximate surface area is 126 Å². The second-order valence-electron chi connectivity index (χ2n) is 6.48. The zero-order chi connectivity index (χ0) is 14.9. The maximum absolute atomic E-state index is 13.1. The number of rotatable bonds is 1. The molecule has 2 N–H and O–H groups in total. The first-order valence-electron chi connectivity index (χ1n) is 7.93. The first-order valence-corrected chi connectivity index (χ1v) is 7.93. The molecule has 0 radical (unpaired) electrons. The second kappa shape index (κ2) is 5.68. The van der Waals surface area contributed by atoms with Crippen molar-refractivity contribution in [1.82, 2.24) is 0 Å². The highest BCUT2D eigenvalue weighted by molar-refractivity contribution is 6.01. The second-order valence-corrected chi connectivity index (χ2v) is 6.48. The highest BCUT2D eigenvalue weighted by Crippen LogP contribution is 2.36. The van der Waals surface area contributed by atoms with Crippen LogP contribution < -0.4 is 15.4 Å². The third-order valence-corrected chi connectivity index (χ3v) is 4.64. The number of fused-ring (bicyclic) bond motifs is 1. The predicted octanol–water partition coefficient (Wildman–Crippen LogP) is 2.71. The van der Waals surface area contributed by atoms with Gasteiger partial charge in [-0.1, -0.05) is 31.9 Å². The first-order chi connectivity index (χ1) is 10.1. The van der Waals surface area contributed by atoms with E-state index in [1.54, 1.807) is 0 Å². The van der Waals surface area contributed by atoms with Gasteiger partial charge in [-0.3, -0.25) is 4.79 Å². The number of nitrogens with zero attached hydrogens (tertiary/aromatic N) is 1. The van der Waals surface area contributed by atoms with Gasteiger partial charge in [0.05, 0.1) is 17.8 Å². The van der Waals surface area contributed by atoms with Gasteiger partial charge in [0.1, 0.15) is 5.75 Å². The number of ether oxygens (including phenoxy) is 1. The van der Waals surface area contributed by atoms with Crippen molar-refractivity contribution in [3.63, 3.8) is 0 Å². The van der Waals surface area contributed by atoms with E-state index in [0.717, 1.165) is 37.1 Å². The van der Waals surface area contributed by atoms with E-state index in [1.165, 1.54) is 6.42 Å². The molecule has 1 saturated carbocycles. The van der Waals surface area contributed by atoms with Crippen LogP contribution in [-0.2, 0) is 4.79 Å². The molecule has 3 rings (SSSR count). The van der Waals surface area contributed by atoms with E-state index >= 15 is 0 Å². The molecule has 4 nitrogen and oxygen atoms in total. The molecule has 114 valence electrons. The lowest BCUT2D eigenvalue weighted by molar-refractivity contribution is -0.125.